The number of nitrogen functional groups attached to an aromatic ring is 1. The van der Waals surface area contributed by atoms with Gasteiger partial charge < -0.3 is 5.73 Å². The SMILES string of the molecule is Cc1nnn(-c2nonc2N)c1C(=O)N/N=C/c1ccncc1. The van der Waals surface area contributed by atoms with Gasteiger partial charge in [-0.05, 0) is 34.9 Å². The molecule has 3 N–H and O–H groups in total. The van der Waals surface area contributed by atoms with Crippen LogP contribution in [0.5, 0.6) is 0 Å². The van der Waals surface area contributed by atoms with Crippen LogP contribution in [0.1, 0.15) is 21.7 Å². The highest BCUT2D eigenvalue weighted by molar-refractivity contribution is 5.94. The highest BCUT2D eigenvalue weighted by Gasteiger charge is 2.22. The number of carbonyl (C=O) groups is 1. The first-order valence-corrected chi connectivity index (χ1v) is 6.41. The Morgan fingerprint density at radius 2 is 2.17 bits per heavy atom. The molecule has 0 atom stereocenters. The molecular weight excluding hydrogens is 302 g/mol. The monoisotopic (exact) mass is 313 g/mol. The number of anilines is 1. The molecule has 0 aliphatic carbocycles. The molecule has 11 heteroatoms. The fourth-order valence-electron chi connectivity index (χ4n) is 1.77. The van der Waals surface area contributed by atoms with E-state index in [1.165, 1.54) is 6.21 Å². The van der Waals surface area contributed by atoms with E-state index in [0.717, 1.165) is 10.2 Å². The molecule has 0 radical (unpaired) electrons. The number of pyridine rings is 1. The van der Waals surface area contributed by atoms with Crippen LogP contribution in [0.3, 0.4) is 0 Å². The summed E-state index contributed by atoms with van der Waals surface area (Å²) in [7, 11) is 0. The van der Waals surface area contributed by atoms with Crippen molar-refractivity contribution in [3.63, 3.8) is 0 Å². The fourth-order valence-corrected chi connectivity index (χ4v) is 1.77. The zero-order valence-electron chi connectivity index (χ0n) is 11.9. The summed E-state index contributed by atoms with van der Waals surface area (Å²) in [6, 6.07) is 3.49. The van der Waals surface area contributed by atoms with Gasteiger partial charge in [0.05, 0.1) is 11.9 Å². The third kappa shape index (κ3) is 2.88. The van der Waals surface area contributed by atoms with Gasteiger partial charge >= 0.3 is 0 Å². The average Bonchev–Trinajstić information content (AvgIpc) is 3.13. The Morgan fingerprint density at radius 1 is 1.39 bits per heavy atom. The van der Waals surface area contributed by atoms with E-state index in [4.69, 9.17) is 5.73 Å². The maximum absolute atomic E-state index is 12.3. The third-order valence-corrected chi connectivity index (χ3v) is 2.84. The van der Waals surface area contributed by atoms with Crippen molar-refractivity contribution in [3.8, 4) is 5.82 Å². The number of nitrogens with zero attached hydrogens (tertiary/aromatic N) is 7. The van der Waals surface area contributed by atoms with Crippen molar-refractivity contribution in [3.05, 3.63) is 41.5 Å². The van der Waals surface area contributed by atoms with E-state index in [-0.39, 0.29) is 17.3 Å². The first-order valence-electron chi connectivity index (χ1n) is 6.41. The Morgan fingerprint density at radius 3 is 2.87 bits per heavy atom. The minimum absolute atomic E-state index is 0.00997. The number of nitrogens with two attached hydrogens (primary N) is 1. The van der Waals surface area contributed by atoms with Crippen LogP contribution >= 0.6 is 0 Å². The van der Waals surface area contributed by atoms with Gasteiger partial charge in [0, 0.05) is 12.4 Å². The lowest BCUT2D eigenvalue weighted by Crippen LogP contribution is -2.22. The van der Waals surface area contributed by atoms with Crippen molar-refractivity contribution >= 4 is 17.9 Å². The number of hydrazone groups is 1. The summed E-state index contributed by atoms with van der Waals surface area (Å²) in [6.45, 7) is 1.62. The molecule has 3 heterocycles. The molecule has 0 saturated carbocycles. The molecule has 0 bridgehead atoms. The van der Waals surface area contributed by atoms with Gasteiger partial charge in [-0.2, -0.15) is 9.78 Å². The van der Waals surface area contributed by atoms with Crippen LogP contribution in [-0.2, 0) is 0 Å². The summed E-state index contributed by atoms with van der Waals surface area (Å²) < 4.78 is 5.64. The molecule has 0 aliphatic heterocycles. The normalized spacial score (nSPS) is 11.0. The lowest BCUT2D eigenvalue weighted by molar-refractivity contribution is 0.0946. The van der Waals surface area contributed by atoms with Crippen molar-refractivity contribution in [1.82, 2.24) is 35.7 Å². The standard InChI is InChI=1S/C12H11N9O2/c1-7-9(21(20-16-7)11-10(13)18-23-19-11)12(22)17-15-6-8-2-4-14-5-3-8/h2-6H,1H3,(H2,13,18)(H,17,22)/b15-6+. The quantitative estimate of drug-likeness (QED) is 0.492. The lowest BCUT2D eigenvalue weighted by Gasteiger charge is -2.02. The highest BCUT2D eigenvalue weighted by Crippen LogP contribution is 2.14. The van der Waals surface area contributed by atoms with Gasteiger partial charge in [0.15, 0.2) is 5.69 Å². The summed E-state index contributed by atoms with van der Waals surface area (Å²) in [5.41, 5.74) is 9.28. The first kappa shape index (κ1) is 14.3. The van der Waals surface area contributed by atoms with E-state index >= 15 is 0 Å². The first-order chi connectivity index (χ1) is 11.2. The minimum Gasteiger partial charge on any atom is -0.378 e. The van der Waals surface area contributed by atoms with Crippen LogP contribution in [0, 0.1) is 6.92 Å². The summed E-state index contributed by atoms with van der Waals surface area (Å²) in [5.74, 6) is -0.460. The Kier molecular flexibility index (Phi) is 3.74. The van der Waals surface area contributed by atoms with E-state index in [0.29, 0.717) is 5.69 Å². The van der Waals surface area contributed by atoms with Crippen LogP contribution in [0.4, 0.5) is 5.82 Å². The van der Waals surface area contributed by atoms with Gasteiger partial charge in [-0.3, -0.25) is 9.78 Å². The zero-order valence-corrected chi connectivity index (χ0v) is 11.9. The maximum Gasteiger partial charge on any atom is 0.292 e. The van der Waals surface area contributed by atoms with Gasteiger partial charge in [0.2, 0.25) is 11.6 Å². The van der Waals surface area contributed by atoms with Crippen LogP contribution in [0.25, 0.3) is 5.82 Å². The number of hydrogen-bond donors (Lipinski definition) is 2. The van der Waals surface area contributed by atoms with Gasteiger partial charge in [-0.1, -0.05) is 5.21 Å². The van der Waals surface area contributed by atoms with Gasteiger partial charge in [-0.25, -0.2) is 10.1 Å². The van der Waals surface area contributed by atoms with Crippen molar-refractivity contribution < 1.29 is 9.42 Å². The third-order valence-electron chi connectivity index (χ3n) is 2.84. The average molecular weight is 313 g/mol. The molecule has 0 fully saturated rings. The van der Waals surface area contributed by atoms with E-state index in [2.05, 4.69) is 40.8 Å². The number of hydrogen-bond acceptors (Lipinski definition) is 9. The molecule has 1 amide bonds. The van der Waals surface area contributed by atoms with Gasteiger partial charge in [-0.15, -0.1) is 5.10 Å². The van der Waals surface area contributed by atoms with Crippen molar-refractivity contribution in [2.75, 3.05) is 5.73 Å². The number of aryl methyl sites for hydroxylation is 1. The smallest absolute Gasteiger partial charge is 0.292 e. The minimum atomic E-state index is -0.528. The molecule has 3 rings (SSSR count). The number of rotatable bonds is 4. The van der Waals surface area contributed by atoms with E-state index in [9.17, 15) is 4.79 Å². The molecule has 11 nitrogen and oxygen atoms in total. The number of carbonyl (C=O) groups excluding carboxylic acids is 1. The number of amides is 1. The zero-order chi connectivity index (χ0) is 16.2. The number of aromatic nitrogens is 6. The number of nitrogens with one attached hydrogen (secondary N) is 1. The largest absolute Gasteiger partial charge is 0.378 e. The van der Waals surface area contributed by atoms with Gasteiger partial charge in [0.25, 0.3) is 5.91 Å². The van der Waals surface area contributed by atoms with Crippen LogP contribution in [-0.4, -0.2) is 42.4 Å². The van der Waals surface area contributed by atoms with E-state index < -0.39 is 5.91 Å². The Bertz CT molecular complexity index is 853. The van der Waals surface area contributed by atoms with Gasteiger partial charge in [0.1, 0.15) is 0 Å². The second kappa shape index (κ2) is 6.01. The molecule has 0 saturated heterocycles. The fraction of sp³-hybridized carbons (Fsp3) is 0.0833. The predicted octanol–water partition coefficient (Wildman–Crippen LogP) is -0.300. The Labute approximate surface area is 129 Å². The molecule has 0 aromatic carbocycles. The highest BCUT2D eigenvalue weighted by atomic mass is 16.6. The van der Waals surface area contributed by atoms with Crippen molar-refractivity contribution in [1.29, 1.82) is 0 Å². The summed E-state index contributed by atoms with van der Waals surface area (Å²) in [4.78, 5) is 16.2. The molecule has 3 aromatic heterocycles. The van der Waals surface area contributed by atoms with Crippen molar-refractivity contribution in [2.45, 2.75) is 6.92 Å². The molecule has 0 unspecified atom stereocenters. The molecule has 116 valence electrons. The second-order valence-corrected chi connectivity index (χ2v) is 4.39. The Hall–Kier alpha value is -3.63. The van der Waals surface area contributed by atoms with Crippen LogP contribution < -0.4 is 11.2 Å². The van der Waals surface area contributed by atoms with E-state index in [1.54, 1.807) is 31.5 Å². The molecule has 3 aromatic rings. The molecule has 0 spiro atoms. The summed E-state index contributed by atoms with van der Waals surface area (Å²) in [6.07, 6.45) is 4.72. The summed E-state index contributed by atoms with van der Waals surface area (Å²) in [5, 5.41) is 18.5. The molecule has 0 aliphatic rings. The predicted molar refractivity (Wildman–Crippen MR) is 77.7 cm³/mol. The van der Waals surface area contributed by atoms with Crippen LogP contribution in [0.15, 0.2) is 34.3 Å². The van der Waals surface area contributed by atoms with E-state index in [1.807, 2.05) is 0 Å². The summed E-state index contributed by atoms with van der Waals surface area (Å²) >= 11 is 0. The second-order valence-electron chi connectivity index (χ2n) is 4.39. The molecular formula is C12H11N9O2. The maximum atomic E-state index is 12.3. The van der Waals surface area contributed by atoms with Crippen LogP contribution in [0.2, 0.25) is 0 Å². The Balaban J connectivity index is 1.82. The van der Waals surface area contributed by atoms with Crippen molar-refractivity contribution in [2.24, 2.45) is 5.10 Å². The molecule has 23 heavy (non-hydrogen) atoms. The topological polar surface area (TPSA) is 150 Å². The lowest BCUT2D eigenvalue weighted by atomic mass is 10.3.